The largest absolute Gasteiger partial charge is 0.507 e. The zero-order chi connectivity index (χ0) is 60.4. The highest BCUT2D eigenvalue weighted by Crippen LogP contribution is 2.44. The summed E-state index contributed by atoms with van der Waals surface area (Å²) in [6.45, 7) is 42.3. The van der Waals surface area contributed by atoms with Gasteiger partial charge in [0.2, 0.25) is 0 Å². The summed E-state index contributed by atoms with van der Waals surface area (Å²) in [5.41, 5.74) is 13.5. The number of rotatable bonds is 0. The van der Waals surface area contributed by atoms with Crippen molar-refractivity contribution >= 4 is 21.6 Å². The first kappa shape index (κ1) is 62.8. The maximum absolute atomic E-state index is 12.7. The monoisotopic (exact) mass is 1150 g/mol. The van der Waals surface area contributed by atoms with E-state index in [0.717, 1.165) is 89.4 Å². The number of benzene rings is 6. The molecule has 2 heterocycles. The van der Waals surface area contributed by atoms with Crippen LogP contribution in [-0.4, -0.2) is 65.0 Å². The number of hydrogen-bond acceptors (Lipinski definition) is 10. The lowest BCUT2D eigenvalue weighted by atomic mass is 9.80. The number of fused-ring (bicyclic) bond motifs is 19. The van der Waals surface area contributed by atoms with Crippen molar-refractivity contribution in [2.75, 3.05) is 24.6 Å². The van der Waals surface area contributed by atoms with E-state index in [4.69, 9.17) is 0 Å². The van der Waals surface area contributed by atoms with Gasteiger partial charge in [0.15, 0.2) is 0 Å². The van der Waals surface area contributed by atoms with Crippen LogP contribution in [0.3, 0.4) is 0 Å². The van der Waals surface area contributed by atoms with Gasteiger partial charge < -0.3 is 30.6 Å². The first-order chi connectivity index (χ1) is 37.8. The van der Waals surface area contributed by atoms with Gasteiger partial charge in [-0.1, -0.05) is 219 Å². The summed E-state index contributed by atoms with van der Waals surface area (Å²) in [6, 6.07) is 25.3. The van der Waals surface area contributed by atoms with Crippen molar-refractivity contribution in [1.29, 1.82) is 0 Å². The van der Waals surface area contributed by atoms with Gasteiger partial charge in [-0.05, 0) is 110 Å². The van der Waals surface area contributed by atoms with Crippen LogP contribution in [0.4, 0.5) is 0 Å². The summed E-state index contributed by atoms with van der Waals surface area (Å²) in [5, 5.41) is 76.1. The number of phenolic OH excluding ortho intramolecular Hbond substituents is 6. The molecular formula is C72H96N2O6S2. The molecule has 14 bridgehead atoms. The van der Waals surface area contributed by atoms with Gasteiger partial charge in [0.1, 0.15) is 34.5 Å². The zero-order valence-electron chi connectivity index (χ0n) is 52.8. The van der Waals surface area contributed by atoms with Gasteiger partial charge in [-0.15, -0.1) is 0 Å². The van der Waals surface area contributed by atoms with Crippen molar-refractivity contribution in [1.82, 2.24) is 9.80 Å². The van der Waals surface area contributed by atoms with Crippen LogP contribution < -0.4 is 0 Å². The molecule has 0 fully saturated rings. The molecule has 2 aliphatic heterocycles. The second kappa shape index (κ2) is 23.3. The van der Waals surface area contributed by atoms with E-state index in [-0.39, 0.29) is 92.7 Å². The number of hydrogen-bond donors (Lipinski definition) is 6. The van der Waals surface area contributed by atoms with Crippen LogP contribution in [0.25, 0.3) is 0 Å². The van der Waals surface area contributed by atoms with Crippen LogP contribution in [0.2, 0.25) is 0 Å². The second-order valence-corrected chi connectivity index (χ2v) is 32.8. The Morgan fingerprint density at radius 3 is 0.561 bits per heavy atom. The lowest BCUT2D eigenvalue weighted by Gasteiger charge is -2.29. The fourth-order valence-corrected chi connectivity index (χ4v) is 13.4. The van der Waals surface area contributed by atoms with Crippen LogP contribution in [0.1, 0.15) is 225 Å². The quantitative estimate of drug-likeness (QED) is 0.0819. The molecule has 2 aliphatic rings. The molecule has 6 aromatic rings. The summed E-state index contributed by atoms with van der Waals surface area (Å²) in [7, 11) is 3.61. The van der Waals surface area contributed by atoms with Gasteiger partial charge in [-0.2, -0.15) is 0 Å². The van der Waals surface area contributed by atoms with Crippen molar-refractivity contribution in [2.24, 2.45) is 0 Å². The Balaban J connectivity index is 1.43. The second-order valence-electron chi connectivity index (χ2n) is 30.1. The number of nitrogens with zero attached hydrogens (tertiary/aromatic N) is 2. The maximum Gasteiger partial charge on any atom is 0.123 e. The summed E-state index contributed by atoms with van der Waals surface area (Å²) in [4.78, 5) is 4.69. The zero-order valence-corrected chi connectivity index (χ0v) is 54.4. The van der Waals surface area contributed by atoms with Crippen molar-refractivity contribution in [3.63, 3.8) is 0 Å². The molecule has 0 unspecified atom stereocenters. The van der Waals surface area contributed by atoms with Gasteiger partial charge in [0.25, 0.3) is 0 Å². The number of aromatic hydroxyl groups is 6. The van der Waals surface area contributed by atoms with E-state index in [0.29, 0.717) is 61.5 Å². The van der Waals surface area contributed by atoms with Crippen LogP contribution in [0.15, 0.2) is 72.8 Å². The van der Waals surface area contributed by atoms with Crippen LogP contribution in [0.5, 0.6) is 34.5 Å². The van der Waals surface area contributed by atoms with E-state index in [1.54, 1.807) is 21.6 Å². The predicted octanol–water partition coefficient (Wildman–Crippen LogP) is 16.8. The lowest BCUT2D eigenvalue weighted by Crippen LogP contribution is -2.27. The van der Waals surface area contributed by atoms with Crippen molar-refractivity contribution in [3.05, 3.63) is 173 Å². The first-order valence-corrected chi connectivity index (χ1v) is 32.1. The Labute approximate surface area is 500 Å². The fourth-order valence-electron chi connectivity index (χ4n) is 11.4. The third-order valence-electron chi connectivity index (χ3n) is 17.0. The Bertz CT molecular complexity index is 2940. The minimum atomic E-state index is -0.287. The average molecular weight is 1150 g/mol. The highest BCUT2D eigenvalue weighted by atomic mass is 33.1. The van der Waals surface area contributed by atoms with E-state index >= 15 is 0 Å². The SMILES string of the molecule is CC(C)(C)c1cc2c(O)c(c1)Cc1cc(C(C)(C)C)cc(c1O)CN1CCSSCCN(Cc3cc(C(C)(C)C)cc(c3O)C2)Cc2cc(C(C)(C)C)cc(c2O)Cc2cc(C(C)(C)C)cc(c2O)Cc2cc(C(C)(C)C)cc(c2O)C1. The minimum Gasteiger partial charge on any atom is -0.507 e. The molecule has 0 atom stereocenters. The third kappa shape index (κ3) is 14.4. The van der Waals surface area contributed by atoms with E-state index in [1.807, 2.05) is 0 Å². The lowest BCUT2D eigenvalue weighted by molar-refractivity contribution is 0.264. The maximum atomic E-state index is 12.7. The summed E-state index contributed by atoms with van der Waals surface area (Å²) in [6.07, 6.45) is 1.11. The first-order valence-electron chi connectivity index (χ1n) is 29.7. The van der Waals surface area contributed by atoms with E-state index in [2.05, 4.69) is 207 Å². The Morgan fingerprint density at radius 2 is 0.402 bits per heavy atom. The molecule has 6 aromatic carbocycles. The molecule has 10 heteroatoms. The molecule has 8 rings (SSSR count). The molecule has 0 saturated heterocycles. The molecule has 8 nitrogen and oxygen atoms in total. The molecule has 0 spiro atoms. The minimum absolute atomic E-state index is 0.151. The number of phenols is 6. The van der Waals surface area contributed by atoms with Crippen molar-refractivity contribution < 1.29 is 30.6 Å². The van der Waals surface area contributed by atoms with Crippen molar-refractivity contribution in [3.8, 4) is 34.5 Å². The Kier molecular flexibility index (Phi) is 17.8. The van der Waals surface area contributed by atoms with Gasteiger partial charge in [-0.3, -0.25) is 9.80 Å². The summed E-state index contributed by atoms with van der Waals surface area (Å²) < 4.78 is 0. The molecule has 442 valence electrons. The predicted molar refractivity (Wildman–Crippen MR) is 345 cm³/mol. The van der Waals surface area contributed by atoms with Gasteiger partial charge in [-0.25, -0.2) is 0 Å². The molecule has 0 radical (unpaired) electrons. The van der Waals surface area contributed by atoms with Crippen LogP contribution in [0, 0.1) is 0 Å². The fraction of sp³-hybridized carbons (Fsp3) is 0.500. The summed E-state index contributed by atoms with van der Waals surface area (Å²) >= 11 is 0. The van der Waals surface area contributed by atoms with Gasteiger partial charge >= 0.3 is 0 Å². The average Bonchev–Trinajstić information content (AvgIpc) is 2.34. The standard InChI is InChI=1S/C72H96N2O6S2/c1-67(2,3)55-27-43-23-47-31-57(69(7,8)9)35-51(63(47)77)39-73-19-21-81-82-22-20-74(40-52-36-58(70(10,11)12)32-48(64(52)78)24-44(28-55)61(43)75)42-54-38-60(72(16,17)18)34-50(66(54)80)26-46-30-56(68(4,5)6)29-45(62(46)76)25-49-33-59(71(13,14)15)37-53(41-73)65(49)79/h27-38,75-80H,19-26,39-42H2,1-18H3. The molecule has 6 N–H and O–H groups in total. The molecule has 0 amide bonds. The summed E-state index contributed by atoms with van der Waals surface area (Å²) in [5.74, 6) is 2.57. The molecule has 0 saturated carbocycles. The van der Waals surface area contributed by atoms with Crippen LogP contribution >= 0.6 is 21.6 Å². The van der Waals surface area contributed by atoms with E-state index < -0.39 is 0 Å². The molecule has 82 heavy (non-hydrogen) atoms. The van der Waals surface area contributed by atoms with Gasteiger partial charge in [0.05, 0.1) is 0 Å². The third-order valence-corrected chi connectivity index (χ3v) is 19.3. The van der Waals surface area contributed by atoms with E-state index in [9.17, 15) is 30.6 Å². The molecule has 0 aliphatic carbocycles. The highest BCUT2D eigenvalue weighted by molar-refractivity contribution is 8.76. The topological polar surface area (TPSA) is 128 Å². The smallest absolute Gasteiger partial charge is 0.123 e. The highest BCUT2D eigenvalue weighted by Gasteiger charge is 2.30. The molecular weight excluding hydrogens is 1050 g/mol. The van der Waals surface area contributed by atoms with Gasteiger partial charge in [0, 0.05) is 98.7 Å². The van der Waals surface area contributed by atoms with Crippen molar-refractivity contribution in [2.45, 2.75) is 209 Å². The Morgan fingerprint density at radius 1 is 0.256 bits per heavy atom. The van der Waals surface area contributed by atoms with E-state index in [1.165, 1.54) is 0 Å². The normalized spacial score (nSPS) is 17.5. The molecule has 0 aromatic heterocycles. The van der Waals surface area contributed by atoms with Crippen LogP contribution in [-0.2, 0) is 84.4 Å². The Hall–Kier alpha value is -5.26.